The quantitative estimate of drug-likeness (QED) is 0.795. The SMILES string of the molecule is NCC(Br)CC(Br)Br. The highest BCUT2D eigenvalue weighted by molar-refractivity contribution is 9.24. The second kappa shape index (κ2) is 5.21. The summed E-state index contributed by atoms with van der Waals surface area (Å²) >= 11 is 10.1. The predicted octanol–water partition coefficient (Wildman–Crippen LogP) is 2.21. The minimum Gasteiger partial charge on any atom is -0.329 e. The van der Waals surface area contributed by atoms with Gasteiger partial charge < -0.3 is 5.73 Å². The molecule has 1 atom stereocenters. The molecule has 0 aromatic carbocycles. The molecule has 0 aromatic rings. The highest BCUT2D eigenvalue weighted by atomic mass is 79.9. The zero-order valence-electron chi connectivity index (χ0n) is 4.28. The molecule has 0 bridgehead atoms. The number of hydrogen-bond donors (Lipinski definition) is 1. The van der Waals surface area contributed by atoms with Crippen molar-refractivity contribution >= 4 is 47.8 Å². The minimum atomic E-state index is 0.378. The lowest BCUT2D eigenvalue weighted by Crippen LogP contribution is -2.15. The summed E-state index contributed by atoms with van der Waals surface area (Å²) in [6.45, 7) is 0.688. The summed E-state index contributed by atoms with van der Waals surface area (Å²) in [6, 6.07) is 0. The number of alkyl halides is 3. The van der Waals surface area contributed by atoms with Gasteiger partial charge in [0.15, 0.2) is 0 Å². The lowest BCUT2D eigenvalue weighted by atomic mass is 10.3. The topological polar surface area (TPSA) is 26.0 Å². The summed E-state index contributed by atoms with van der Waals surface area (Å²) in [7, 11) is 0. The lowest BCUT2D eigenvalue weighted by molar-refractivity contribution is 0.839. The molecular weight excluding hydrogens is 302 g/mol. The first-order chi connectivity index (χ1) is 3.66. The van der Waals surface area contributed by atoms with Crippen molar-refractivity contribution in [3.63, 3.8) is 0 Å². The molecule has 2 N–H and O–H groups in total. The monoisotopic (exact) mass is 307 g/mol. The summed E-state index contributed by atoms with van der Waals surface area (Å²) in [5, 5.41) is 0. The summed E-state index contributed by atoms with van der Waals surface area (Å²) in [5.41, 5.74) is 5.33. The van der Waals surface area contributed by atoms with E-state index >= 15 is 0 Å². The molecule has 0 fully saturated rings. The normalized spacial score (nSPS) is 14.6. The molecule has 50 valence electrons. The van der Waals surface area contributed by atoms with Gasteiger partial charge in [-0.1, -0.05) is 47.8 Å². The van der Waals surface area contributed by atoms with E-state index in [4.69, 9.17) is 5.73 Å². The van der Waals surface area contributed by atoms with E-state index in [1.807, 2.05) is 0 Å². The van der Waals surface area contributed by atoms with E-state index in [0.717, 1.165) is 6.42 Å². The van der Waals surface area contributed by atoms with E-state index in [0.29, 0.717) is 15.1 Å². The Labute approximate surface area is 74.8 Å². The van der Waals surface area contributed by atoms with Gasteiger partial charge >= 0.3 is 0 Å². The highest BCUT2D eigenvalue weighted by Gasteiger charge is 2.04. The fraction of sp³-hybridized carbons (Fsp3) is 1.00. The smallest absolute Gasteiger partial charge is 0.0709 e. The highest BCUT2D eigenvalue weighted by Crippen LogP contribution is 2.18. The molecule has 8 heavy (non-hydrogen) atoms. The van der Waals surface area contributed by atoms with Gasteiger partial charge in [-0.15, -0.1) is 0 Å². The third-order valence-corrected chi connectivity index (χ3v) is 2.18. The number of hydrogen-bond acceptors (Lipinski definition) is 1. The molecule has 0 amide bonds. The maximum Gasteiger partial charge on any atom is 0.0709 e. The molecule has 0 saturated heterocycles. The van der Waals surface area contributed by atoms with Gasteiger partial charge in [-0.2, -0.15) is 0 Å². The molecule has 1 unspecified atom stereocenters. The zero-order valence-corrected chi connectivity index (χ0v) is 9.04. The van der Waals surface area contributed by atoms with Crippen LogP contribution >= 0.6 is 47.8 Å². The Kier molecular flexibility index (Phi) is 6.12. The van der Waals surface area contributed by atoms with Gasteiger partial charge in [0.05, 0.1) is 3.74 Å². The van der Waals surface area contributed by atoms with Gasteiger partial charge in [0.2, 0.25) is 0 Å². The van der Waals surface area contributed by atoms with Crippen LogP contribution in [-0.2, 0) is 0 Å². The van der Waals surface area contributed by atoms with Crippen LogP contribution in [0.4, 0.5) is 0 Å². The summed E-state index contributed by atoms with van der Waals surface area (Å²) in [4.78, 5) is 0.422. The summed E-state index contributed by atoms with van der Waals surface area (Å²) < 4.78 is 0.378. The van der Waals surface area contributed by atoms with Crippen molar-refractivity contribution in [2.75, 3.05) is 6.54 Å². The van der Waals surface area contributed by atoms with Crippen LogP contribution in [0.25, 0.3) is 0 Å². The summed E-state index contributed by atoms with van der Waals surface area (Å²) in [6.07, 6.45) is 1.01. The second-order valence-electron chi connectivity index (χ2n) is 1.46. The first kappa shape index (κ1) is 9.40. The van der Waals surface area contributed by atoms with Gasteiger partial charge in [-0.05, 0) is 6.42 Å². The van der Waals surface area contributed by atoms with E-state index in [-0.39, 0.29) is 0 Å². The molecule has 0 radical (unpaired) electrons. The van der Waals surface area contributed by atoms with E-state index in [1.54, 1.807) is 0 Å². The first-order valence-corrected chi connectivity index (χ1v) is 5.03. The van der Waals surface area contributed by atoms with Crippen molar-refractivity contribution in [1.29, 1.82) is 0 Å². The van der Waals surface area contributed by atoms with Crippen molar-refractivity contribution in [3.05, 3.63) is 0 Å². The molecule has 0 aliphatic heterocycles. The first-order valence-electron chi connectivity index (χ1n) is 2.29. The van der Waals surface area contributed by atoms with Gasteiger partial charge in [0.25, 0.3) is 0 Å². The fourth-order valence-corrected chi connectivity index (χ4v) is 2.57. The Morgan fingerprint density at radius 2 is 1.75 bits per heavy atom. The van der Waals surface area contributed by atoms with Gasteiger partial charge in [0, 0.05) is 11.4 Å². The van der Waals surface area contributed by atoms with Crippen LogP contribution < -0.4 is 5.73 Å². The Hall–Kier alpha value is 1.40. The van der Waals surface area contributed by atoms with E-state index < -0.39 is 0 Å². The van der Waals surface area contributed by atoms with E-state index in [1.165, 1.54) is 0 Å². The Balaban J connectivity index is 3.10. The van der Waals surface area contributed by atoms with Crippen LogP contribution in [0.2, 0.25) is 0 Å². The average Bonchev–Trinajstić information content (AvgIpc) is 1.65. The van der Waals surface area contributed by atoms with Crippen molar-refractivity contribution in [2.45, 2.75) is 15.0 Å². The number of nitrogens with two attached hydrogens (primary N) is 1. The maximum absolute atomic E-state index is 5.33. The van der Waals surface area contributed by atoms with Crippen molar-refractivity contribution in [3.8, 4) is 0 Å². The van der Waals surface area contributed by atoms with Gasteiger partial charge in [-0.3, -0.25) is 0 Å². The van der Waals surface area contributed by atoms with E-state index in [9.17, 15) is 0 Å². The Bertz CT molecular complexity index is 57.2. The van der Waals surface area contributed by atoms with Crippen molar-refractivity contribution in [2.24, 2.45) is 5.73 Å². The van der Waals surface area contributed by atoms with Gasteiger partial charge in [0.1, 0.15) is 0 Å². The summed E-state index contributed by atoms with van der Waals surface area (Å²) in [5.74, 6) is 0. The van der Waals surface area contributed by atoms with Crippen LogP contribution in [0.5, 0.6) is 0 Å². The third kappa shape index (κ3) is 5.54. The Morgan fingerprint density at radius 1 is 1.25 bits per heavy atom. The van der Waals surface area contributed by atoms with E-state index in [2.05, 4.69) is 47.8 Å². The molecule has 0 aliphatic carbocycles. The second-order valence-corrected chi connectivity index (χ2v) is 6.19. The molecule has 0 rings (SSSR count). The number of rotatable bonds is 3. The predicted molar refractivity (Wildman–Crippen MR) is 48.0 cm³/mol. The molecule has 0 saturated carbocycles. The third-order valence-electron chi connectivity index (χ3n) is 0.690. The molecule has 0 aromatic heterocycles. The van der Waals surface area contributed by atoms with Crippen LogP contribution in [0.1, 0.15) is 6.42 Å². The molecule has 0 aliphatic rings. The zero-order chi connectivity index (χ0) is 6.57. The van der Waals surface area contributed by atoms with Crippen LogP contribution in [0, 0.1) is 0 Å². The Morgan fingerprint density at radius 3 is 1.88 bits per heavy atom. The largest absolute Gasteiger partial charge is 0.329 e. The maximum atomic E-state index is 5.33. The van der Waals surface area contributed by atoms with Gasteiger partial charge in [-0.25, -0.2) is 0 Å². The molecule has 4 heteroatoms. The average molecular weight is 310 g/mol. The van der Waals surface area contributed by atoms with Crippen LogP contribution in [0.3, 0.4) is 0 Å². The molecule has 0 heterocycles. The van der Waals surface area contributed by atoms with Crippen LogP contribution in [0.15, 0.2) is 0 Å². The minimum absolute atomic E-state index is 0.378. The molecule has 0 spiro atoms. The lowest BCUT2D eigenvalue weighted by Gasteiger charge is -2.05. The standard InChI is InChI=1S/C4H8Br3N/c5-3(2-8)1-4(6)7/h3-4H,1-2,8H2. The molecular formula is C4H8Br3N. The fourth-order valence-electron chi connectivity index (χ4n) is 0.290. The van der Waals surface area contributed by atoms with Crippen molar-refractivity contribution < 1.29 is 0 Å². The number of halogens is 3. The van der Waals surface area contributed by atoms with Crippen molar-refractivity contribution in [1.82, 2.24) is 0 Å². The molecule has 1 nitrogen and oxygen atoms in total. The van der Waals surface area contributed by atoms with Crippen LogP contribution in [-0.4, -0.2) is 15.1 Å².